The van der Waals surface area contributed by atoms with Crippen LogP contribution in [0, 0.1) is 5.82 Å². The minimum absolute atomic E-state index is 0.0763. The second-order valence-corrected chi connectivity index (χ2v) is 6.08. The van der Waals surface area contributed by atoms with Gasteiger partial charge >= 0.3 is 6.18 Å². The molecule has 1 aliphatic heterocycles. The number of halogens is 5. The van der Waals surface area contributed by atoms with Crippen LogP contribution < -0.4 is 0 Å². The molecule has 0 fully saturated rings. The number of hydrogen-bond acceptors (Lipinski definition) is 2. The molecular weight excluding hydrogens is 364 g/mol. The first-order valence-corrected chi connectivity index (χ1v) is 7.34. The molecule has 2 heterocycles. The van der Waals surface area contributed by atoms with E-state index >= 15 is 0 Å². The zero-order valence-electron chi connectivity index (χ0n) is 11.3. The molecule has 0 unspecified atom stereocenters. The van der Waals surface area contributed by atoms with Gasteiger partial charge in [-0.3, -0.25) is 9.88 Å². The lowest BCUT2D eigenvalue weighted by Crippen LogP contribution is -2.20. The number of rotatable bonds is 2. The van der Waals surface area contributed by atoms with Crippen molar-refractivity contribution in [1.29, 1.82) is 0 Å². The summed E-state index contributed by atoms with van der Waals surface area (Å²) >= 11 is 2.91. The van der Waals surface area contributed by atoms with E-state index in [1.54, 1.807) is 17.2 Å². The summed E-state index contributed by atoms with van der Waals surface area (Å²) in [6.07, 6.45) is -2.95. The lowest BCUT2D eigenvalue weighted by atomic mass is 10.1. The maximum Gasteiger partial charge on any atom is 0.416 e. The molecule has 0 bridgehead atoms. The summed E-state index contributed by atoms with van der Waals surface area (Å²) in [6.45, 7) is 0.781. The van der Waals surface area contributed by atoms with Crippen LogP contribution in [0.5, 0.6) is 0 Å². The maximum absolute atomic E-state index is 14.1. The predicted octanol–water partition coefficient (Wildman–Crippen LogP) is 4.52. The number of benzene rings is 1. The molecule has 22 heavy (non-hydrogen) atoms. The summed E-state index contributed by atoms with van der Waals surface area (Å²) in [6, 6.07) is 5.64. The van der Waals surface area contributed by atoms with Crippen molar-refractivity contribution in [1.82, 2.24) is 9.88 Å². The molecule has 1 aliphatic rings. The predicted molar refractivity (Wildman–Crippen MR) is 76.3 cm³/mol. The van der Waals surface area contributed by atoms with Crippen LogP contribution in [0.15, 0.2) is 34.9 Å². The van der Waals surface area contributed by atoms with E-state index in [-0.39, 0.29) is 16.6 Å². The highest BCUT2D eigenvalue weighted by Crippen LogP contribution is 2.36. The van der Waals surface area contributed by atoms with Crippen molar-refractivity contribution in [3.63, 3.8) is 0 Å². The summed E-state index contributed by atoms with van der Waals surface area (Å²) < 4.78 is 53.5. The highest BCUT2D eigenvalue weighted by atomic mass is 79.9. The molecule has 1 aromatic carbocycles. The van der Waals surface area contributed by atoms with Gasteiger partial charge in [-0.2, -0.15) is 13.2 Å². The minimum Gasteiger partial charge on any atom is -0.289 e. The lowest BCUT2D eigenvalue weighted by molar-refractivity contribution is -0.138. The molecule has 0 radical (unpaired) electrons. The van der Waals surface area contributed by atoms with Crippen molar-refractivity contribution in [3.8, 4) is 0 Å². The van der Waals surface area contributed by atoms with Crippen LogP contribution in [-0.2, 0) is 25.8 Å². The molecule has 0 aliphatic carbocycles. The summed E-state index contributed by atoms with van der Waals surface area (Å²) in [5, 5.41) is 0. The SMILES string of the molecule is Fc1cc(Br)cc(C(F)(F)F)c1CN1Cc2cccnc2C1. The molecule has 0 atom stereocenters. The van der Waals surface area contributed by atoms with Crippen molar-refractivity contribution < 1.29 is 17.6 Å². The fourth-order valence-electron chi connectivity index (χ4n) is 2.62. The van der Waals surface area contributed by atoms with Crippen molar-refractivity contribution in [3.05, 3.63) is 63.1 Å². The van der Waals surface area contributed by atoms with Gasteiger partial charge in [-0.25, -0.2) is 4.39 Å². The summed E-state index contributed by atoms with van der Waals surface area (Å²) in [5.41, 5.74) is 0.522. The summed E-state index contributed by atoms with van der Waals surface area (Å²) in [7, 11) is 0. The smallest absolute Gasteiger partial charge is 0.289 e. The number of pyridine rings is 1. The fourth-order valence-corrected chi connectivity index (χ4v) is 3.05. The molecule has 0 spiro atoms. The second-order valence-electron chi connectivity index (χ2n) is 5.17. The zero-order chi connectivity index (χ0) is 15.9. The lowest BCUT2D eigenvalue weighted by Gasteiger charge is -2.19. The second kappa shape index (κ2) is 5.62. The van der Waals surface area contributed by atoms with Gasteiger partial charge in [0.25, 0.3) is 0 Å². The van der Waals surface area contributed by atoms with Gasteiger partial charge in [0.2, 0.25) is 0 Å². The molecule has 1 aromatic heterocycles. The molecule has 116 valence electrons. The van der Waals surface area contributed by atoms with Crippen LogP contribution >= 0.6 is 15.9 Å². The van der Waals surface area contributed by atoms with E-state index in [1.807, 2.05) is 6.07 Å². The fraction of sp³-hybridized carbons (Fsp3) is 0.267. The van der Waals surface area contributed by atoms with Crippen LogP contribution in [-0.4, -0.2) is 9.88 Å². The summed E-state index contributed by atoms with van der Waals surface area (Å²) in [5.74, 6) is -0.856. The van der Waals surface area contributed by atoms with Gasteiger partial charge in [0, 0.05) is 35.9 Å². The van der Waals surface area contributed by atoms with Gasteiger partial charge in [0.15, 0.2) is 0 Å². The Labute approximate surface area is 132 Å². The van der Waals surface area contributed by atoms with Crippen LogP contribution in [0.1, 0.15) is 22.4 Å². The molecule has 0 saturated heterocycles. The standard InChI is InChI=1S/C15H11BrF4N2/c16-10-4-12(15(18,19)20)11(13(17)5-10)7-22-6-9-2-1-3-21-14(9)8-22/h1-5H,6-8H2. The van der Waals surface area contributed by atoms with Crippen molar-refractivity contribution in [2.75, 3.05) is 0 Å². The molecule has 0 amide bonds. The Balaban J connectivity index is 1.91. The van der Waals surface area contributed by atoms with Gasteiger partial charge in [-0.15, -0.1) is 0 Å². The normalized spacial score (nSPS) is 15.1. The third-order valence-electron chi connectivity index (χ3n) is 3.60. The molecule has 2 nitrogen and oxygen atoms in total. The Bertz CT molecular complexity index is 690. The Morgan fingerprint density at radius 1 is 1.23 bits per heavy atom. The third-order valence-corrected chi connectivity index (χ3v) is 4.06. The molecule has 3 rings (SSSR count). The van der Waals surface area contributed by atoms with Crippen LogP contribution in [0.3, 0.4) is 0 Å². The van der Waals surface area contributed by atoms with Crippen molar-refractivity contribution in [2.24, 2.45) is 0 Å². The van der Waals surface area contributed by atoms with Crippen LogP contribution in [0.2, 0.25) is 0 Å². The molecule has 2 aromatic rings. The first-order valence-electron chi connectivity index (χ1n) is 6.55. The van der Waals surface area contributed by atoms with Gasteiger partial charge in [-0.1, -0.05) is 22.0 Å². The number of alkyl halides is 3. The third kappa shape index (κ3) is 3.01. The zero-order valence-corrected chi connectivity index (χ0v) is 12.9. The van der Waals surface area contributed by atoms with Gasteiger partial charge in [0.1, 0.15) is 5.82 Å². The molecule has 0 saturated carbocycles. The minimum atomic E-state index is -4.59. The first-order chi connectivity index (χ1) is 10.3. The van der Waals surface area contributed by atoms with Gasteiger partial charge in [0.05, 0.1) is 11.3 Å². The highest BCUT2D eigenvalue weighted by molar-refractivity contribution is 9.10. The van der Waals surface area contributed by atoms with E-state index in [2.05, 4.69) is 20.9 Å². The van der Waals surface area contributed by atoms with Gasteiger partial charge in [-0.05, 0) is 23.8 Å². The monoisotopic (exact) mass is 374 g/mol. The Morgan fingerprint density at radius 2 is 2.00 bits per heavy atom. The Kier molecular flexibility index (Phi) is 3.94. The van der Waals surface area contributed by atoms with Crippen LogP contribution in [0.25, 0.3) is 0 Å². The van der Waals surface area contributed by atoms with E-state index in [0.29, 0.717) is 13.1 Å². The molecule has 7 heteroatoms. The Hall–Kier alpha value is -1.47. The number of nitrogens with zero attached hydrogens (tertiary/aromatic N) is 2. The number of fused-ring (bicyclic) bond motifs is 1. The quantitative estimate of drug-likeness (QED) is 0.718. The van der Waals surface area contributed by atoms with Crippen molar-refractivity contribution in [2.45, 2.75) is 25.8 Å². The van der Waals surface area contributed by atoms with Crippen molar-refractivity contribution >= 4 is 15.9 Å². The largest absolute Gasteiger partial charge is 0.416 e. The van der Waals surface area contributed by atoms with E-state index in [0.717, 1.165) is 23.4 Å². The maximum atomic E-state index is 14.1. The average Bonchev–Trinajstić information content (AvgIpc) is 2.82. The van der Waals surface area contributed by atoms with Crippen LogP contribution in [0.4, 0.5) is 17.6 Å². The van der Waals surface area contributed by atoms with E-state index < -0.39 is 17.6 Å². The first kappa shape index (κ1) is 15.4. The number of aromatic nitrogens is 1. The summed E-state index contributed by atoms with van der Waals surface area (Å²) in [4.78, 5) is 5.94. The average molecular weight is 375 g/mol. The topological polar surface area (TPSA) is 16.1 Å². The Morgan fingerprint density at radius 3 is 2.68 bits per heavy atom. The molecule has 0 N–H and O–H groups in total. The number of hydrogen-bond donors (Lipinski definition) is 0. The van der Waals surface area contributed by atoms with E-state index in [1.165, 1.54) is 0 Å². The van der Waals surface area contributed by atoms with Gasteiger partial charge < -0.3 is 0 Å². The molecular formula is C15H11BrF4N2. The van der Waals surface area contributed by atoms with E-state index in [9.17, 15) is 17.6 Å². The van der Waals surface area contributed by atoms with E-state index in [4.69, 9.17) is 0 Å². The highest BCUT2D eigenvalue weighted by Gasteiger charge is 2.36.